The van der Waals surface area contributed by atoms with Crippen LogP contribution in [0.5, 0.6) is 0 Å². The summed E-state index contributed by atoms with van der Waals surface area (Å²) in [6, 6.07) is 11.0. The first-order valence-corrected chi connectivity index (χ1v) is 8.76. The van der Waals surface area contributed by atoms with Gasteiger partial charge in [0.1, 0.15) is 0 Å². The van der Waals surface area contributed by atoms with Gasteiger partial charge in [0.15, 0.2) is 0 Å². The highest BCUT2D eigenvalue weighted by Crippen LogP contribution is 2.23. The first-order chi connectivity index (χ1) is 11.5. The number of carbonyl (C=O) groups excluding carboxylic acids is 1. The molecular weight excluding hydrogens is 298 g/mol. The average Bonchev–Trinajstić information content (AvgIpc) is 2.83. The van der Waals surface area contributed by atoms with Crippen LogP contribution in [-0.4, -0.2) is 29.1 Å². The van der Waals surface area contributed by atoms with Crippen LogP contribution in [0.3, 0.4) is 0 Å². The van der Waals surface area contributed by atoms with Gasteiger partial charge in [0.05, 0.1) is 5.56 Å². The van der Waals surface area contributed by atoms with Crippen LogP contribution < -0.4 is 10.6 Å². The maximum atomic E-state index is 12.8. The number of nitrogens with zero attached hydrogens (tertiary/aromatic N) is 1. The molecule has 128 valence electrons. The number of aryl methyl sites for hydroxylation is 2. The minimum Gasteiger partial charge on any atom is -0.349 e. The van der Waals surface area contributed by atoms with E-state index in [1.807, 2.05) is 25.1 Å². The third kappa shape index (κ3) is 3.24. The van der Waals surface area contributed by atoms with Gasteiger partial charge in [-0.25, -0.2) is 0 Å². The van der Waals surface area contributed by atoms with Crippen molar-refractivity contribution in [1.29, 1.82) is 0 Å². The first kappa shape index (κ1) is 16.8. The lowest BCUT2D eigenvalue weighted by molar-refractivity contribution is 0.0925. The van der Waals surface area contributed by atoms with Gasteiger partial charge in [-0.3, -0.25) is 4.79 Å². The lowest BCUT2D eigenvalue weighted by atomic mass is 10.0. The number of rotatable bonds is 3. The number of aromatic nitrogens is 1. The number of hydrogen-bond acceptors (Lipinski definition) is 2. The van der Waals surface area contributed by atoms with Gasteiger partial charge < -0.3 is 15.2 Å². The van der Waals surface area contributed by atoms with E-state index in [0.717, 1.165) is 42.0 Å². The molecule has 2 unspecified atom stereocenters. The maximum Gasteiger partial charge on any atom is 0.253 e. The highest BCUT2D eigenvalue weighted by atomic mass is 16.1. The number of benzene rings is 1. The van der Waals surface area contributed by atoms with Crippen molar-refractivity contribution in [2.24, 2.45) is 0 Å². The normalized spacial score (nSPS) is 20.8. The standard InChI is InChI=1S/C20H27N3O/c1-13-7-5-6-8-19(13)23-15(3)12-18(16(23)4)20(24)22-17-9-10-21-14(2)11-17/h5-8,12,14,17,21H,9-11H2,1-4H3,(H,22,24). The smallest absolute Gasteiger partial charge is 0.253 e. The second kappa shape index (κ2) is 6.81. The van der Waals surface area contributed by atoms with Crippen molar-refractivity contribution in [2.45, 2.75) is 52.6 Å². The minimum absolute atomic E-state index is 0.0436. The van der Waals surface area contributed by atoms with Crippen molar-refractivity contribution in [3.8, 4) is 5.69 Å². The Morgan fingerprint density at radius 2 is 2.00 bits per heavy atom. The summed E-state index contributed by atoms with van der Waals surface area (Å²) in [5.41, 5.74) is 5.22. The molecule has 0 bridgehead atoms. The SMILES string of the molecule is Cc1ccccc1-n1c(C)cc(C(=O)NC2CCNC(C)C2)c1C. The number of amides is 1. The molecule has 0 radical (unpaired) electrons. The molecule has 1 aliphatic heterocycles. The summed E-state index contributed by atoms with van der Waals surface area (Å²) >= 11 is 0. The predicted octanol–water partition coefficient (Wildman–Crippen LogP) is 3.27. The number of carbonyl (C=O) groups is 1. The summed E-state index contributed by atoms with van der Waals surface area (Å²) in [7, 11) is 0. The van der Waals surface area contributed by atoms with Crippen LogP contribution in [0.2, 0.25) is 0 Å². The third-order valence-electron chi connectivity index (χ3n) is 4.99. The van der Waals surface area contributed by atoms with E-state index in [9.17, 15) is 4.79 Å². The Labute approximate surface area is 144 Å². The van der Waals surface area contributed by atoms with Crippen LogP contribution in [0, 0.1) is 20.8 Å². The zero-order valence-corrected chi connectivity index (χ0v) is 15.0. The van der Waals surface area contributed by atoms with E-state index < -0.39 is 0 Å². The molecule has 1 amide bonds. The van der Waals surface area contributed by atoms with Gasteiger partial charge in [0.25, 0.3) is 5.91 Å². The van der Waals surface area contributed by atoms with Crippen molar-refractivity contribution in [1.82, 2.24) is 15.2 Å². The molecule has 2 heterocycles. The number of para-hydroxylation sites is 1. The molecule has 3 rings (SSSR count). The van der Waals surface area contributed by atoms with Gasteiger partial charge >= 0.3 is 0 Å². The van der Waals surface area contributed by atoms with E-state index >= 15 is 0 Å². The average molecular weight is 325 g/mol. The fourth-order valence-corrected chi connectivity index (χ4v) is 3.70. The number of piperidine rings is 1. The summed E-state index contributed by atoms with van der Waals surface area (Å²) in [5, 5.41) is 6.64. The minimum atomic E-state index is 0.0436. The largest absolute Gasteiger partial charge is 0.349 e. The Bertz CT molecular complexity index is 747. The second-order valence-corrected chi connectivity index (χ2v) is 6.96. The quantitative estimate of drug-likeness (QED) is 0.910. The predicted molar refractivity (Wildman–Crippen MR) is 97.9 cm³/mol. The fourth-order valence-electron chi connectivity index (χ4n) is 3.70. The molecule has 0 spiro atoms. The fraction of sp³-hybridized carbons (Fsp3) is 0.450. The molecule has 2 atom stereocenters. The molecule has 0 saturated carbocycles. The molecule has 1 aromatic carbocycles. The first-order valence-electron chi connectivity index (χ1n) is 8.76. The molecule has 2 aromatic rings. The molecule has 4 heteroatoms. The van der Waals surface area contributed by atoms with Crippen molar-refractivity contribution < 1.29 is 4.79 Å². The van der Waals surface area contributed by atoms with Crippen molar-refractivity contribution in [3.05, 3.63) is 52.8 Å². The van der Waals surface area contributed by atoms with Crippen molar-refractivity contribution in [3.63, 3.8) is 0 Å². The van der Waals surface area contributed by atoms with E-state index in [1.54, 1.807) is 0 Å². The highest BCUT2D eigenvalue weighted by Gasteiger charge is 2.23. The molecular formula is C20H27N3O. The van der Waals surface area contributed by atoms with Crippen LogP contribution in [0.4, 0.5) is 0 Å². The van der Waals surface area contributed by atoms with Crippen LogP contribution in [0.1, 0.15) is 47.1 Å². The number of nitrogens with one attached hydrogen (secondary N) is 2. The Morgan fingerprint density at radius 1 is 1.25 bits per heavy atom. The zero-order valence-electron chi connectivity index (χ0n) is 15.0. The van der Waals surface area contributed by atoms with Crippen LogP contribution in [-0.2, 0) is 0 Å². The van der Waals surface area contributed by atoms with Gasteiger partial charge in [0, 0.05) is 29.2 Å². The van der Waals surface area contributed by atoms with E-state index in [0.29, 0.717) is 6.04 Å². The molecule has 1 aromatic heterocycles. The third-order valence-corrected chi connectivity index (χ3v) is 4.99. The summed E-state index contributed by atoms with van der Waals surface area (Å²) in [6.45, 7) is 9.32. The molecule has 1 fully saturated rings. The van der Waals surface area contributed by atoms with Crippen LogP contribution in [0.25, 0.3) is 5.69 Å². The van der Waals surface area contributed by atoms with Crippen molar-refractivity contribution >= 4 is 5.91 Å². The van der Waals surface area contributed by atoms with Gasteiger partial charge in [-0.2, -0.15) is 0 Å². The van der Waals surface area contributed by atoms with Gasteiger partial charge in [-0.05, 0) is 64.8 Å². The zero-order chi connectivity index (χ0) is 17.3. The van der Waals surface area contributed by atoms with Gasteiger partial charge in [0.2, 0.25) is 0 Å². The monoisotopic (exact) mass is 325 g/mol. The molecule has 0 aliphatic carbocycles. The van der Waals surface area contributed by atoms with Gasteiger partial charge in [-0.15, -0.1) is 0 Å². The summed E-state index contributed by atoms with van der Waals surface area (Å²) < 4.78 is 2.18. The maximum absolute atomic E-state index is 12.8. The molecule has 1 saturated heterocycles. The van der Waals surface area contributed by atoms with E-state index in [-0.39, 0.29) is 11.9 Å². The Balaban J connectivity index is 1.86. The summed E-state index contributed by atoms with van der Waals surface area (Å²) in [4.78, 5) is 12.8. The van der Waals surface area contributed by atoms with Gasteiger partial charge in [-0.1, -0.05) is 18.2 Å². The summed E-state index contributed by atoms with van der Waals surface area (Å²) in [6.07, 6.45) is 1.98. The topological polar surface area (TPSA) is 46.1 Å². The van der Waals surface area contributed by atoms with Crippen LogP contribution >= 0.6 is 0 Å². The summed E-state index contributed by atoms with van der Waals surface area (Å²) in [5.74, 6) is 0.0436. The Hall–Kier alpha value is -2.07. The molecule has 4 nitrogen and oxygen atoms in total. The van der Waals surface area contributed by atoms with E-state index in [1.165, 1.54) is 5.56 Å². The van der Waals surface area contributed by atoms with Crippen molar-refractivity contribution in [2.75, 3.05) is 6.54 Å². The lowest BCUT2D eigenvalue weighted by Crippen LogP contribution is -2.46. The number of hydrogen-bond donors (Lipinski definition) is 2. The second-order valence-electron chi connectivity index (χ2n) is 6.96. The van der Waals surface area contributed by atoms with E-state index in [2.05, 4.69) is 48.1 Å². The molecule has 24 heavy (non-hydrogen) atoms. The molecule has 1 aliphatic rings. The van der Waals surface area contributed by atoms with Crippen LogP contribution in [0.15, 0.2) is 30.3 Å². The Morgan fingerprint density at radius 3 is 2.71 bits per heavy atom. The van der Waals surface area contributed by atoms with E-state index in [4.69, 9.17) is 0 Å². The lowest BCUT2D eigenvalue weighted by Gasteiger charge is -2.28. The highest BCUT2D eigenvalue weighted by molar-refractivity contribution is 5.96. The Kier molecular flexibility index (Phi) is 4.76. The molecule has 2 N–H and O–H groups in total.